The number of benzene rings is 1. The van der Waals surface area contributed by atoms with Gasteiger partial charge >= 0.3 is 0 Å². The number of carbonyl (C=O) groups is 1. The van der Waals surface area contributed by atoms with Gasteiger partial charge in [0.05, 0.1) is 9.80 Å². The Balaban J connectivity index is 1.84. The van der Waals surface area contributed by atoms with Crippen LogP contribution in [0.1, 0.15) is 63.0 Å². The van der Waals surface area contributed by atoms with Gasteiger partial charge in [-0.2, -0.15) is 4.99 Å². The maximum atomic E-state index is 13.4. The molecule has 0 aliphatic carbocycles. The third-order valence-electron chi connectivity index (χ3n) is 5.20. The van der Waals surface area contributed by atoms with Gasteiger partial charge in [0.15, 0.2) is 5.17 Å². The minimum absolute atomic E-state index is 0.194. The van der Waals surface area contributed by atoms with E-state index in [9.17, 15) is 13.2 Å². The summed E-state index contributed by atoms with van der Waals surface area (Å²) >= 11 is 1.08. The first-order valence-corrected chi connectivity index (χ1v) is 13.3. The molecule has 32 heavy (non-hydrogen) atoms. The van der Waals surface area contributed by atoms with Crippen molar-refractivity contribution in [2.75, 3.05) is 6.54 Å². The van der Waals surface area contributed by atoms with Crippen molar-refractivity contribution in [1.29, 1.82) is 0 Å². The molecule has 0 saturated carbocycles. The Labute approximate surface area is 194 Å². The van der Waals surface area contributed by atoms with Crippen molar-refractivity contribution in [3.63, 3.8) is 0 Å². The highest BCUT2D eigenvalue weighted by Gasteiger charge is 2.34. The van der Waals surface area contributed by atoms with Crippen LogP contribution < -0.4 is 0 Å². The number of hydrogen-bond donors (Lipinski definition) is 0. The first-order valence-electron chi connectivity index (χ1n) is 11.1. The van der Waals surface area contributed by atoms with Crippen molar-refractivity contribution in [2.24, 2.45) is 4.99 Å². The van der Waals surface area contributed by atoms with Crippen LogP contribution in [0, 0.1) is 6.92 Å². The van der Waals surface area contributed by atoms with E-state index in [1.807, 2.05) is 19.9 Å². The lowest BCUT2D eigenvalue weighted by Crippen LogP contribution is -2.35. The molecule has 2 aromatic rings. The normalized spacial score (nSPS) is 15.4. The number of amidine groups is 1. The van der Waals surface area contributed by atoms with Gasteiger partial charge in [0.2, 0.25) is 0 Å². The number of thioether (sulfide) groups is 1. The van der Waals surface area contributed by atoms with Crippen LogP contribution >= 0.6 is 11.8 Å². The van der Waals surface area contributed by atoms with Crippen LogP contribution in [0.3, 0.4) is 0 Å². The van der Waals surface area contributed by atoms with E-state index < -0.39 is 15.9 Å². The molecular formula is C24H30N2O4S2. The predicted molar refractivity (Wildman–Crippen MR) is 130 cm³/mol. The minimum Gasteiger partial charge on any atom is -0.462 e. The van der Waals surface area contributed by atoms with Crippen LogP contribution in [0.15, 0.2) is 55.6 Å². The molecule has 0 radical (unpaired) electrons. The molecule has 0 bridgehead atoms. The highest BCUT2D eigenvalue weighted by molar-refractivity contribution is 8.19. The molecule has 1 aromatic heterocycles. The number of rotatable bonds is 10. The Morgan fingerprint density at radius 3 is 2.41 bits per heavy atom. The summed E-state index contributed by atoms with van der Waals surface area (Å²) in [4.78, 5) is 17.2. The summed E-state index contributed by atoms with van der Waals surface area (Å²) in [5.41, 5.74) is 0.980. The van der Waals surface area contributed by atoms with E-state index in [4.69, 9.17) is 4.42 Å². The van der Waals surface area contributed by atoms with Crippen molar-refractivity contribution < 1.29 is 17.6 Å². The highest BCUT2D eigenvalue weighted by Crippen LogP contribution is 2.33. The quantitative estimate of drug-likeness (QED) is 0.322. The Bertz CT molecular complexity index is 1100. The average molecular weight is 475 g/mol. The van der Waals surface area contributed by atoms with Gasteiger partial charge in [-0.05, 0) is 49.4 Å². The molecule has 0 spiro atoms. The molecule has 0 saturated heterocycles. The number of hydrogen-bond acceptors (Lipinski definition) is 5. The number of amides is 1. The second kappa shape index (κ2) is 11.0. The van der Waals surface area contributed by atoms with Crippen LogP contribution in [-0.2, 0) is 21.2 Å². The second-order valence-electron chi connectivity index (χ2n) is 7.77. The van der Waals surface area contributed by atoms with Crippen molar-refractivity contribution >= 4 is 38.9 Å². The molecule has 172 valence electrons. The largest absolute Gasteiger partial charge is 0.462 e. The van der Waals surface area contributed by atoms with Crippen molar-refractivity contribution in [1.82, 2.24) is 4.31 Å². The Hall–Kier alpha value is -2.32. The molecule has 6 nitrogen and oxygen atoms in total. The highest BCUT2D eigenvalue weighted by atomic mass is 32.2. The standard InChI is InChI=1S/C24H30N2O4S2/c1-4-6-7-8-9-16-26(32(28,29)21-14-10-18(3)11-15-21)24-25-23(27)22(31-24)17-20-13-12-19(5-2)30-20/h10-15,17H,4-9,16H2,1-3H3/b22-17-. The van der Waals surface area contributed by atoms with Crippen LogP contribution in [0.25, 0.3) is 6.08 Å². The molecule has 1 aromatic carbocycles. The van der Waals surface area contributed by atoms with E-state index in [0.717, 1.165) is 55.2 Å². The monoisotopic (exact) mass is 474 g/mol. The first-order chi connectivity index (χ1) is 15.3. The maximum absolute atomic E-state index is 13.4. The third kappa shape index (κ3) is 5.92. The fraction of sp³-hybridized carbons (Fsp3) is 0.417. The molecule has 0 atom stereocenters. The fourth-order valence-corrected chi connectivity index (χ4v) is 5.89. The molecule has 1 aliphatic rings. The van der Waals surface area contributed by atoms with Crippen LogP contribution in [-0.4, -0.2) is 30.3 Å². The number of aryl methyl sites for hydroxylation is 2. The van der Waals surface area contributed by atoms with Crippen molar-refractivity contribution in [3.8, 4) is 0 Å². The van der Waals surface area contributed by atoms with Gasteiger partial charge in [-0.15, -0.1) is 0 Å². The van der Waals surface area contributed by atoms with E-state index >= 15 is 0 Å². The summed E-state index contributed by atoms with van der Waals surface area (Å²) in [5.74, 6) is 0.931. The topological polar surface area (TPSA) is 80.0 Å². The van der Waals surface area contributed by atoms with Gasteiger partial charge in [-0.25, -0.2) is 12.7 Å². The summed E-state index contributed by atoms with van der Waals surface area (Å²) in [6.45, 7) is 6.32. The van der Waals surface area contributed by atoms with E-state index in [-0.39, 0.29) is 16.6 Å². The number of sulfonamides is 1. The van der Waals surface area contributed by atoms with Gasteiger partial charge in [-0.1, -0.05) is 57.2 Å². The smallest absolute Gasteiger partial charge is 0.286 e. The van der Waals surface area contributed by atoms with Gasteiger partial charge < -0.3 is 4.42 Å². The van der Waals surface area contributed by atoms with Gasteiger partial charge in [-0.3, -0.25) is 4.79 Å². The zero-order chi connectivity index (χ0) is 23.1. The van der Waals surface area contributed by atoms with Gasteiger partial charge in [0.25, 0.3) is 15.9 Å². The minimum atomic E-state index is -3.83. The van der Waals surface area contributed by atoms with E-state index in [1.54, 1.807) is 36.4 Å². The Kier molecular flexibility index (Phi) is 8.37. The number of carbonyl (C=O) groups excluding carboxylic acids is 1. The summed E-state index contributed by atoms with van der Waals surface area (Å²) in [5, 5.41) is 0.194. The molecule has 0 N–H and O–H groups in total. The lowest BCUT2D eigenvalue weighted by atomic mass is 10.1. The summed E-state index contributed by atoms with van der Waals surface area (Å²) in [6.07, 6.45) is 7.30. The number of furan rings is 1. The van der Waals surface area contributed by atoms with Crippen LogP contribution in [0.5, 0.6) is 0 Å². The van der Waals surface area contributed by atoms with Gasteiger partial charge in [0, 0.05) is 19.0 Å². The lowest BCUT2D eigenvalue weighted by molar-refractivity contribution is -0.113. The molecule has 3 rings (SSSR count). The van der Waals surface area contributed by atoms with E-state index in [0.29, 0.717) is 17.1 Å². The lowest BCUT2D eigenvalue weighted by Gasteiger charge is -2.23. The average Bonchev–Trinajstić information content (AvgIpc) is 3.37. The second-order valence-corrected chi connectivity index (χ2v) is 10.6. The SMILES string of the molecule is CCCCCCCN(C1=NC(=O)/C(=C/c2ccc(CC)o2)S1)S(=O)(=O)c1ccc(C)cc1. The number of aliphatic imine (C=N–C) groups is 1. The number of unbranched alkanes of at least 4 members (excludes halogenated alkanes) is 4. The molecule has 1 aliphatic heterocycles. The number of nitrogens with zero attached hydrogens (tertiary/aromatic N) is 2. The predicted octanol–water partition coefficient (Wildman–Crippen LogP) is 5.78. The fourth-order valence-electron chi connectivity index (χ4n) is 3.31. The zero-order valence-corrected chi connectivity index (χ0v) is 20.5. The molecule has 2 heterocycles. The van der Waals surface area contributed by atoms with Crippen molar-refractivity contribution in [3.05, 3.63) is 58.4 Å². The van der Waals surface area contributed by atoms with Crippen molar-refractivity contribution in [2.45, 2.75) is 64.2 Å². The molecular weight excluding hydrogens is 444 g/mol. The van der Waals surface area contributed by atoms with E-state index in [1.165, 1.54) is 4.31 Å². The molecule has 0 fully saturated rings. The summed E-state index contributed by atoms with van der Waals surface area (Å²) < 4.78 is 33.8. The first kappa shape index (κ1) is 24.3. The van der Waals surface area contributed by atoms with E-state index in [2.05, 4.69) is 11.9 Å². The third-order valence-corrected chi connectivity index (χ3v) is 8.13. The Morgan fingerprint density at radius 2 is 1.75 bits per heavy atom. The summed E-state index contributed by atoms with van der Waals surface area (Å²) in [7, 11) is -3.83. The van der Waals surface area contributed by atoms with Crippen LogP contribution in [0.4, 0.5) is 0 Å². The van der Waals surface area contributed by atoms with Gasteiger partial charge in [0.1, 0.15) is 11.5 Å². The molecule has 8 heteroatoms. The van der Waals surface area contributed by atoms with Crippen LogP contribution in [0.2, 0.25) is 0 Å². The Morgan fingerprint density at radius 1 is 1.03 bits per heavy atom. The maximum Gasteiger partial charge on any atom is 0.286 e. The summed E-state index contributed by atoms with van der Waals surface area (Å²) in [6, 6.07) is 10.4. The molecule has 1 amide bonds. The zero-order valence-electron chi connectivity index (χ0n) is 18.8. The molecule has 0 unspecified atom stereocenters.